The molecule has 0 unspecified atom stereocenters. The van der Waals surface area contributed by atoms with Crippen molar-refractivity contribution in [1.82, 2.24) is 20.0 Å². The van der Waals surface area contributed by atoms with E-state index in [0.29, 0.717) is 18.8 Å². The first-order chi connectivity index (χ1) is 15.6. The van der Waals surface area contributed by atoms with E-state index < -0.39 is 0 Å². The molecule has 7 nitrogen and oxygen atoms in total. The number of nitrogens with zero attached hydrogens (tertiary/aromatic N) is 4. The Kier molecular flexibility index (Phi) is 9.61. The average Bonchev–Trinajstić information content (AvgIpc) is 3.37. The Morgan fingerprint density at radius 2 is 1.67 bits per heavy atom. The molecule has 33 heavy (non-hydrogen) atoms. The molecule has 2 aromatic rings. The van der Waals surface area contributed by atoms with Crippen LogP contribution in [0.3, 0.4) is 0 Å². The molecule has 2 aliphatic rings. The van der Waals surface area contributed by atoms with Gasteiger partial charge >= 0.3 is 0 Å². The van der Waals surface area contributed by atoms with Gasteiger partial charge < -0.3 is 19.5 Å². The molecule has 0 radical (unpaired) electrons. The molecule has 4 rings (SSSR count). The molecule has 1 amide bonds. The number of piperidine rings is 1. The van der Waals surface area contributed by atoms with Gasteiger partial charge in [0.25, 0.3) is 5.91 Å². The van der Waals surface area contributed by atoms with Crippen LogP contribution in [0.15, 0.2) is 52.1 Å². The Morgan fingerprint density at radius 3 is 2.30 bits per heavy atom. The number of carbonyl (C=O) groups is 1. The Bertz CT molecular complexity index is 901. The van der Waals surface area contributed by atoms with Gasteiger partial charge in [0.1, 0.15) is 0 Å². The number of halogens is 1. The highest BCUT2D eigenvalue weighted by Gasteiger charge is 2.25. The van der Waals surface area contributed by atoms with Crippen molar-refractivity contribution in [2.45, 2.75) is 32.9 Å². The second-order valence-corrected chi connectivity index (χ2v) is 8.88. The summed E-state index contributed by atoms with van der Waals surface area (Å²) >= 11 is 0. The molecule has 0 aliphatic carbocycles. The predicted molar refractivity (Wildman–Crippen MR) is 142 cm³/mol. The lowest BCUT2D eigenvalue weighted by Crippen LogP contribution is -2.53. The summed E-state index contributed by atoms with van der Waals surface area (Å²) in [5.74, 6) is 2.09. The van der Waals surface area contributed by atoms with Crippen molar-refractivity contribution in [2.24, 2.45) is 10.9 Å². The van der Waals surface area contributed by atoms with Crippen LogP contribution in [-0.2, 0) is 13.1 Å². The maximum Gasteiger partial charge on any atom is 0.289 e. The molecule has 180 valence electrons. The minimum atomic E-state index is -0.0429. The zero-order valence-electron chi connectivity index (χ0n) is 19.7. The fraction of sp³-hybridized carbons (Fsp3) is 0.520. The number of furan rings is 1. The number of carbonyl (C=O) groups excluding carboxylic acids is 1. The summed E-state index contributed by atoms with van der Waals surface area (Å²) in [6.07, 6.45) is 4.13. The van der Waals surface area contributed by atoms with E-state index in [1.165, 1.54) is 37.1 Å². The summed E-state index contributed by atoms with van der Waals surface area (Å²) in [4.78, 5) is 23.6. The molecule has 1 aromatic carbocycles. The first-order valence-corrected chi connectivity index (χ1v) is 11.7. The molecule has 0 saturated carbocycles. The Hall–Kier alpha value is -2.07. The van der Waals surface area contributed by atoms with E-state index in [0.717, 1.165) is 38.1 Å². The maximum absolute atomic E-state index is 12.5. The SMILES string of the molecule is CN=C(NCc1ccccc1CN1CCC(C)CC1)N1CCN(C(=O)c2ccco2)CC1.I. The van der Waals surface area contributed by atoms with Gasteiger partial charge in [-0.1, -0.05) is 31.2 Å². The maximum atomic E-state index is 12.5. The Morgan fingerprint density at radius 1 is 1.00 bits per heavy atom. The molecular weight excluding hydrogens is 529 g/mol. The van der Waals surface area contributed by atoms with Crippen LogP contribution in [-0.4, -0.2) is 72.9 Å². The number of amides is 1. The number of aliphatic imine (C=N–C) groups is 1. The number of piperazine rings is 1. The van der Waals surface area contributed by atoms with Crippen molar-refractivity contribution in [3.8, 4) is 0 Å². The van der Waals surface area contributed by atoms with Gasteiger partial charge in [-0.3, -0.25) is 14.7 Å². The summed E-state index contributed by atoms with van der Waals surface area (Å²) in [5.41, 5.74) is 2.71. The molecule has 0 spiro atoms. The summed E-state index contributed by atoms with van der Waals surface area (Å²) in [7, 11) is 1.82. The van der Waals surface area contributed by atoms with Crippen LogP contribution in [0.1, 0.15) is 41.4 Å². The lowest BCUT2D eigenvalue weighted by molar-refractivity contribution is 0.0657. The van der Waals surface area contributed by atoms with E-state index in [1.807, 2.05) is 11.9 Å². The monoisotopic (exact) mass is 565 g/mol. The number of guanidine groups is 1. The molecular formula is C25H36IN5O2. The fourth-order valence-corrected chi connectivity index (χ4v) is 4.53. The third kappa shape index (κ3) is 6.72. The predicted octanol–water partition coefficient (Wildman–Crippen LogP) is 3.66. The highest BCUT2D eigenvalue weighted by Crippen LogP contribution is 2.20. The number of likely N-dealkylation sites (tertiary alicyclic amines) is 1. The van der Waals surface area contributed by atoms with E-state index in [4.69, 9.17) is 4.42 Å². The van der Waals surface area contributed by atoms with Crippen LogP contribution >= 0.6 is 24.0 Å². The molecule has 1 N–H and O–H groups in total. The molecule has 2 aliphatic heterocycles. The van der Waals surface area contributed by atoms with Crippen LogP contribution in [0.2, 0.25) is 0 Å². The minimum absolute atomic E-state index is 0. The largest absolute Gasteiger partial charge is 0.459 e. The van der Waals surface area contributed by atoms with Gasteiger partial charge in [-0.05, 0) is 55.1 Å². The lowest BCUT2D eigenvalue weighted by atomic mass is 9.98. The fourth-order valence-electron chi connectivity index (χ4n) is 4.53. The first-order valence-electron chi connectivity index (χ1n) is 11.7. The molecule has 0 bridgehead atoms. The lowest BCUT2D eigenvalue weighted by Gasteiger charge is -2.36. The zero-order chi connectivity index (χ0) is 22.3. The van der Waals surface area contributed by atoms with Gasteiger partial charge in [0, 0.05) is 46.3 Å². The van der Waals surface area contributed by atoms with Gasteiger partial charge in [0.15, 0.2) is 11.7 Å². The van der Waals surface area contributed by atoms with Crippen LogP contribution < -0.4 is 5.32 Å². The van der Waals surface area contributed by atoms with Crippen molar-refractivity contribution in [3.63, 3.8) is 0 Å². The van der Waals surface area contributed by atoms with Gasteiger partial charge in [-0.25, -0.2) is 0 Å². The number of nitrogens with one attached hydrogen (secondary N) is 1. The number of rotatable bonds is 5. The first kappa shape index (κ1) is 25.6. The molecule has 0 atom stereocenters. The third-order valence-corrected chi connectivity index (χ3v) is 6.64. The van der Waals surface area contributed by atoms with E-state index in [1.54, 1.807) is 18.4 Å². The number of benzene rings is 1. The second-order valence-electron chi connectivity index (χ2n) is 8.88. The van der Waals surface area contributed by atoms with Crippen molar-refractivity contribution < 1.29 is 9.21 Å². The molecule has 2 saturated heterocycles. The van der Waals surface area contributed by atoms with Crippen molar-refractivity contribution >= 4 is 35.8 Å². The quantitative estimate of drug-likeness (QED) is 0.341. The highest BCUT2D eigenvalue weighted by atomic mass is 127. The summed E-state index contributed by atoms with van der Waals surface area (Å²) < 4.78 is 5.26. The van der Waals surface area contributed by atoms with E-state index in [9.17, 15) is 4.79 Å². The van der Waals surface area contributed by atoms with Crippen molar-refractivity contribution in [2.75, 3.05) is 46.3 Å². The van der Waals surface area contributed by atoms with Gasteiger partial charge in [0.2, 0.25) is 0 Å². The minimum Gasteiger partial charge on any atom is -0.459 e. The standard InChI is InChI=1S/C25H35N5O2.HI/c1-20-9-11-28(12-10-20)19-22-7-4-3-6-21(22)18-27-25(26-2)30-15-13-29(14-16-30)24(31)23-8-5-17-32-23;/h3-8,17,20H,9-16,18-19H2,1-2H3,(H,26,27);1H. The van der Waals surface area contributed by atoms with Crippen LogP contribution in [0, 0.1) is 5.92 Å². The zero-order valence-corrected chi connectivity index (χ0v) is 22.0. The van der Waals surface area contributed by atoms with Gasteiger partial charge in [0.05, 0.1) is 6.26 Å². The Labute approximate surface area is 214 Å². The molecule has 1 aromatic heterocycles. The van der Waals surface area contributed by atoms with Crippen molar-refractivity contribution in [3.05, 3.63) is 59.5 Å². The molecule has 2 fully saturated rings. The Balaban J connectivity index is 0.00000306. The van der Waals surface area contributed by atoms with Gasteiger partial charge in [-0.2, -0.15) is 0 Å². The normalized spacial score (nSPS) is 18.2. The molecule has 8 heteroatoms. The average molecular weight is 566 g/mol. The van der Waals surface area contributed by atoms with Crippen LogP contribution in [0.4, 0.5) is 0 Å². The van der Waals surface area contributed by atoms with Crippen LogP contribution in [0.25, 0.3) is 0 Å². The number of hydrogen-bond acceptors (Lipinski definition) is 4. The highest BCUT2D eigenvalue weighted by molar-refractivity contribution is 14.0. The molecule has 3 heterocycles. The summed E-state index contributed by atoms with van der Waals surface area (Å²) in [6, 6.07) is 12.2. The van der Waals surface area contributed by atoms with E-state index >= 15 is 0 Å². The van der Waals surface area contributed by atoms with E-state index in [2.05, 4.69) is 51.3 Å². The van der Waals surface area contributed by atoms with Crippen molar-refractivity contribution in [1.29, 1.82) is 0 Å². The summed E-state index contributed by atoms with van der Waals surface area (Å²) in [5, 5.41) is 3.55. The number of hydrogen-bond donors (Lipinski definition) is 1. The van der Waals surface area contributed by atoms with E-state index in [-0.39, 0.29) is 29.9 Å². The third-order valence-electron chi connectivity index (χ3n) is 6.64. The topological polar surface area (TPSA) is 64.3 Å². The van der Waals surface area contributed by atoms with Gasteiger partial charge in [-0.15, -0.1) is 24.0 Å². The second kappa shape index (κ2) is 12.4. The van der Waals surface area contributed by atoms with Crippen LogP contribution in [0.5, 0.6) is 0 Å². The smallest absolute Gasteiger partial charge is 0.289 e. The summed E-state index contributed by atoms with van der Waals surface area (Å²) in [6.45, 7) is 9.30.